The molecule has 6 nitrogen and oxygen atoms in total. The molecule has 0 radical (unpaired) electrons. The maximum absolute atomic E-state index is 6.17. The Morgan fingerprint density at radius 2 is 2.14 bits per heavy atom. The SMILES string of the molecule is CCCNc1ncc(Cl)c(NCC2CN(C)CCN2C)n1. The van der Waals surface area contributed by atoms with Crippen LogP contribution < -0.4 is 10.6 Å². The van der Waals surface area contributed by atoms with Gasteiger partial charge in [0.1, 0.15) is 5.02 Å². The lowest BCUT2D eigenvalue weighted by Gasteiger charge is -2.37. The van der Waals surface area contributed by atoms with Crippen LogP contribution in [0.2, 0.25) is 5.02 Å². The molecule has 0 amide bonds. The number of hydrogen-bond acceptors (Lipinski definition) is 6. The molecule has 2 heterocycles. The first-order valence-electron chi connectivity index (χ1n) is 7.49. The Hall–Kier alpha value is -1.11. The van der Waals surface area contributed by atoms with Gasteiger partial charge in [-0.1, -0.05) is 18.5 Å². The highest BCUT2D eigenvalue weighted by atomic mass is 35.5. The lowest BCUT2D eigenvalue weighted by atomic mass is 10.2. The zero-order valence-corrected chi connectivity index (χ0v) is 13.8. The Labute approximate surface area is 131 Å². The Bertz CT molecular complexity index is 455. The lowest BCUT2D eigenvalue weighted by Crippen LogP contribution is -2.52. The van der Waals surface area contributed by atoms with E-state index in [1.165, 1.54) is 0 Å². The van der Waals surface area contributed by atoms with E-state index in [0.717, 1.165) is 39.1 Å². The summed E-state index contributed by atoms with van der Waals surface area (Å²) in [6.45, 7) is 7.04. The van der Waals surface area contributed by atoms with Crippen molar-refractivity contribution in [1.82, 2.24) is 19.8 Å². The molecule has 1 aromatic rings. The second kappa shape index (κ2) is 7.77. The zero-order chi connectivity index (χ0) is 15.2. The minimum Gasteiger partial charge on any atom is -0.367 e. The van der Waals surface area contributed by atoms with Gasteiger partial charge in [0.05, 0.1) is 6.20 Å². The van der Waals surface area contributed by atoms with E-state index in [0.29, 0.717) is 22.8 Å². The third-order valence-corrected chi connectivity index (χ3v) is 4.04. The highest BCUT2D eigenvalue weighted by Gasteiger charge is 2.22. The number of hydrogen-bond donors (Lipinski definition) is 2. The van der Waals surface area contributed by atoms with Crippen molar-refractivity contribution in [3.8, 4) is 0 Å². The summed E-state index contributed by atoms with van der Waals surface area (Å²) in [5, 5.41) is 7.09. The van der Waals surface area contributed by atoms with Crippen LogP contribution in [-0.4, -0.2) is 72.6 Å². The van der Waals surface area contributed by atoms with Gasteiger partial charge in [-0.25, -0.2) is 4.98 Å². The van der Waals surface area contributed by atoms with E-state index >= 15 is 0 Å². The van der Waals surface area contributed by atoms with Crippen LogP contribution in [0.25, 0.3) is 0 Å². The van der Waals surface area contributed by atoms with Gasteiger partial charge in [0.2, 0.25) is 5.95 Å². The summed E-state index contributed by atoms with van der Waals surface area (Å²) in [4.78, 5) is 13.3. The van der Waals surface area contributed by atoms with Crippen molar-refractivity contribution in [2.75, 3.05) is 57.5 Å². The van der Waals surface area contributed by atoms with Gasteiger partial charge in [-0.2, -0.15) is 4.98 Å². The molecule has 21 heavy (non-hydrogen) atoms. The standard InChI is InChI=1S/C14H25ClN6/c1-4-5-16-14-18-9-12(15)13(19-14)17-8-11-10-20(2)6-7-21(11)3/h9,11H,4-8,10H2,1-3H3,(H2,16,17,18,19). The molecule has 118 valence electrons. The van der Waals surface area contributed by atoms with Gasteiger partial charge in [0.25, 0.3) is 0 Å². The minimum absolute atomic E-state index is 0.460. The highest BCUT2D eigenvalue weighted by Crippen LogP contribution is 2.20. The van der Waals surface area contributed by atoms with Crippen LogP contribution in [0, 0.1) is 0 Å². The van der Waals surface area contributed by atoms with E-state index in [4.69, 9.17) is 11.6 Å². The molecule has 0 aliphatic carbocycles. The third-order valence-electron chi connectivity index (χ3n) is 3.76. The molecule has 1 aromatic heterocycles. The van der Waals surface area contributed by atoms with E-state index in [1.807, 2.05) is 0 Å². The molecule has 7 heteroatoms. The molecule has 0 spiro atoms. The van der Waals surface area contributed by atoms with Gasteiger partial charge in [0.15, 0.2) is 5.82 Å². The van der Waals surface area contributed by atoms with E-state index in [1.54, 1.807) is 6.20 Å². The molecular formula is C14H25ClN6. The quantitative estimate of drug-likeness (QED) is 0.832. The van der Waals surface area contributed by atoms with Crippen LogP contribution in [0.15, 0.2) is 6.20 Å². The number of likely N-dealkylation sites (N-methyl/N-ethyl adjacent to an activating group) is 2. The van der Waals surface area contributed by atoms with E-state index in [9.17, 15) is 0 Å². The van der Waals surface area contributed by atoms with E-state index in [-0.39, 0.29) is 0 Å². The van der Waals surface area contributed by atoms with Crippen molar-refractivity contribution in [3.05, 3.63) is 11.2 Å². The number of nitrogens with zero attached hydrogens (tertiary/aromatic N) is 4. The number of rotatable bonds is 6. The Morgan fingerprint density at radius 3 is 2.90 bits per heavy atom. The topological polar surface area (TPSA) is 56.3 Å². The van der Waals surface area contributed by atoms with Crippen molar-refractivity contribution in [1.29, 1.82) is 0 Å². The first-order valence-corrected chi connectivity index (χ1v) is 7.87. The molecule has 0 aromatic carbocycles. The summed E-state index contributed by atoms with van der Waals surface area (Å²) in [6.07, 6.45) is 2.68. The number of nitrogens with one attached hydrogen (secondary N) is 2. The van der Waals surface area contributed by atoms with Gasteiger partial charge in [-0.3, -0.25) is 4.90 Å². The average Bonchev–Trinajstić information content (AvgIpc) is 2.48. The second-order valence-electron chi connectivity index (χ2n) is 5.59. The summed E-state index contributed by atoms with van der Waals surface area (Å²) < 4.78 is 0. The predicted molar refractivity (Wildman–Crippen MR) is 88.2 cm³/mol. The van der Waals surface area contributed by atoms with Crippen LogP contribution in [0.3, 0.4) is 0 Å². The fourth-order valence-corrected chi connectivity index (χ4v) is 2.51. The Balaban J connectivity index is 1.95. The first kappa shape index (κ1) is 16.3. The van der Waals surface area contributed by atoms with Gasteiger partial charge in [-0.05, 0) is 20.5 Å². The van der Waals surface area contributed by atoms with Gasteiger partial charge in [-0.15, -0.1) is 0 Å². The summed E-state index contributed by atoms with van der Waals surface area (Å²) in [7, 11) is 4.32. The molecule has 1 unspecified atom stereocenters. The van der Waals surface area contributed by atoms with Gasteiger partial charge >= 0.3 is 0 Å². The highest BCUT2D eigenvalue weighted by molar-refractivity contribution is 6.32. The number of halogens is 1. The maximum Gasteiger partial charge on any atom is 0.224 e. The maximum atomic E-state index is 6.17. The number of piperazine rings is 1. The van der Waals surface area contributed by atoms with E-state index < -0.39 is 0 Å². The molecule has 1 atom stereocenters. The molecule has 0 bridgehead atoms. The van der Waals surface area contributed by atoms with Crippen LogP contribution in [-0.2, 0) is 0 Å². The first-order chi connectivity index (χ1) is 10.1. The van der Waals surface area contributed by atoms with Crippen molar-refractivity contribution < 1.29 is 0 Å². The molecule has 2 rings (SSSR count). The summed E-state index contributed by atoms with van der Waals surface area (Å²) >= 11 is 6.17. The number of anilines is 2. The van der Waals surface area contributed by atoms with E-state index in [2.05, 4.69) is 51.4 Å². The Morgan fingerprint density at radius 1 is 1.33 bits per heavy atom. The lowest BCUT2D eigenvalue weighted by molar-refractivity contribution is 0.122. The monoisotopic (exact) mass is 312 g/mol. The van der Waals surface area contributed by atoms with Crippen molar-refractivity contribution in [2.24, 2.45) is 0 Å². The minimum atomic E-state index is 0.460. The smallest absolute Gasteiger partial charge is 0.224 e. The molecule has 0 saturated carbocycles. The molecule has 1 aliphatic heterocycles. The van der Waals surface area contributed by atoms with Crippen LogP contribution >= 0.6 is 11.6 Å². The van der Waals surface area contributed by atoms with Crippen molar-refractivity contribution in [3.63, 3.8) is 0 Å². The Kier molecular flexibility index (Phi) is 6.02. The average molecular weight is 313 g/mol. The summed E-state index contributed by atoms with van der Waals surface area (Å²) in [6, 6.07) is 0.460. The predicted octanol–water partition coefficient (Wildman–Crippen LogP) is 1.61. The molecule has 1 fully saturated rings. The second-order valence-corrected chi connectivity index (χ2v) is 6.00. The summed E-state index contributed by atoms with van der Waals surface area (Å²) in [5.74, 6) is 1.32. The molecular weight excluding hydrogens is 288 g/mol. The van der Waals surface area contributed by atoms with Crippen molar-refractivity contribution >= 4 is 23.4 Å². The van der Waals surface area contributed by atoms with Crippen LogP contribution in [0.5, 0.6) is 0 Å². The third kappa shape index (κ3) is 4.69. The normalized spacial score (nSPS) is 20.5. The molecule has 1 saturated heterocycles. The molecule has 2 N–H and O–H groups in total. The van der Waals surface area contributed by atoms with Gasteiger partial charge in [0, 0.05) is 38.8 Å². The number of aromatic nitrogens is 2. The largest absolute Gasteiger partial charge is 0.367 e. The van der Waals surface area contributed by atoms with Crippen molar-refractivity contribution in [2.45, 2.75) is 19.4 Å². The van der Waals surface area contributed by atoms with Crippen LogP contribution in [0.1, 0.15) is 13.3 Å². The fraction of sp³-hybridized carbons (Fsp3) is 0.714. The molecule has 1 aliphatic rings. The van der Waals surface area contributed by atoms with Gasteiger partial charge < -0.3 is 15.5 Å². The fourth-order valence-electron chi connectivity index (χ4n) is 2.35. The van der Waals surface area contributed by atoms with Crippen LogP contribution in [0.4, 0.5) is 11.8 Å². The zero-order valence-electron chi connectivity index (χ0n) is 13.1. The summed E-state index contributed by atoms with van der Waals surface area (Å²) in [5.41, 5.74) is 0.